The number of aliphatic hydroxyl groups is 1. The van der Waals surface area contributed by atoms with Gasteiger partial charge in [0.15, 0.2) is 0 Å². The second kappa shape index (κ2) is 5.30. The molecule has 0 radical (unpaired) electrons. The van der Waals surface area contributed by atoms with Gasteiger partial charge in [-0.1, -0.05) is 0 Å². The quantitative estimate of drug-likeness (QED) is 0.681. The summed E-state index contributed by atoms with van der Waals surface area (Å²) in [5.74, 6) is 0. The van der Waals surface area contributed by atoms with Gasteiger partial charge >= 0.3 is 0 Å². The molecule has 1 fully saturated rings. The van der Waals surface area contributed by atoms with Crippen LogP contribution in [0, 0.1) is 16.7 Å². The van der Waals surface area contributed by atoms with E-state index in [4.69, 9.17) is 10.00 Å². The molecule has 0 amide bonds. The number of nitrogens with one attached hydrogen (secondary N) is 1. The zero-order chi connectivity index (χ0) is 10.4. The molecule has 14 heavy (non-hydrogen) atoms. The van der Waals surface area contributed by atoms with Gasteiger partial charge < -0.3 is 15.2 Å². The number of rotatable bonds is 4. The molecule has 0 spiro atoms. The highest BCUT2D eigenvalue weighted by Gasteiger charge is 2.34. The third-order valence-corrected chi connectivity index (χ3v) is 2.63. The number of ether oxygens (including phenoxy) is 1. The van der Waals surface area contributed by atoms with Gasteiger partial charge in [0.2, 0.25) is 0 Å². The van der Waals surface area contributed by atoms with E-state index in [1.54, 1.807) is 7.05 Å². The molecule has 0 unspecified atom stereocenters. The first-order valence-electron chi connectivity index (χ1n) is 5.04. The van der Waals surface area contributed by atoms with Crippen LogP contribution in [-0.4, -0.2) is 38.0 Å². The van der Waals surface area contributed by atoms with Gasteiger partial charge in [-0.3, -0.25) is 0 Å². The third kappa shape index (κ3) is 2.95. The lowest BCUT2D eigenvalue weighted by Gasteiger charge is -2.32. The molecule has 1 heterocycles. The van der Waals surface area contributed by atoms with Gasteiger partial charge in [0.05, 0.1) is 24.2 Å². The highest BCUT2D eigenvalue weighted by molar-refractivity contribution is 5.01. The van der Waals surface area contributed by atoms with Gasteiger partial charge in [-0.25, -0.2) is 0 Å². The topological polar surface area (TPSA) is 65.3 Å². The fourth-order valence-electron chi connectivity index (χ4n) is 1.91. The van der Waals surface area contributed by atoms with Crippen molar-refractivity contribution in [1.29, 1.82) is 5.26 Å². The van der Waals surface area contributed by atoms with Crippen molar-refractivity contribution < 1.29 is 9.84 Å². The van der Waals surface area contributed by atoms with Gasteiger partial charge in [-0.15, -0.1) is 0 Å². The number of hydrogen-bond acceptors (Lipinski definition) is 4. The van der Waals surface area contributed by atoms with E-state index in [0.29, 0.717) is 19.6 Å². The number of nitriles is 1. The maximum absolute atomic E-state index is 9.63. The molecule has 0 bridgehead atoms. The van der Waals surface area contributed by atoms with E-state index in [2.05, 4.69) is 11.4 Å². The molecular formula is C10H18N2O2. The Kier molecular flexibility index (Phi) is 4.33. The number of hydrogen-bond donors (Lipinski definition) is 2. The minimum atomic E-state index is -0.464. The maximum Gasteiger partial charge on any atom is 0.0832 e. The fraction of sp³-hybridized carbons (Fsp3) is 0.900. The first-order valence-corrected chi connectivity index (χ1v) is 5.04. The fourth-order valence-corrected chi connectivity index (χ4v) is 1.91. The third-order valence-electron chi connectivity index (χ3n) is 2.63. The zero-order valence-electron chi connectivity index (χ0n) is 8.62. The molecule has 4 heteroatoms. The SMILES string of the molecule is CNC[C@@H](O)C[C@@]1(C#N)CCCOC1. The van der Waals surface area contributed by atoms with Crippen LogP contribution in [0.1, 0.15) is 19.3 Å². The summed E-state index contributed by atoms with van der Waals surface area (Å²) in [6.45, 7) is 1.74. The van der Waals surface area contributed by atoms with Crippen LogP contribution in [0.3, 0.4) is 0 Å². The molecule has 0 aromatic carbocycles. The van der Waals surface area contributed by atoms with E-state index in [1.165, 1.54) is 0 Å². The molecule has 1 rings (SSSR count). The Bertz CT molecular complexity index is 207. The first-order chi connectivity index (χ1) is 6.72. The molecule has 1 saturated heterocycles. The molecule has 4 nitrogen and oxygen atoms in total. The van der Waals surface area contributed by atoms with E-state index >= 15 is 0 Å². The molecule has 2 atom stereocenters. The molecule has 2 N–H and O–H groups in total. The molecule has 1 aliphatic heterocycles. The van der Waals surface area contributed by atoms with Crippen molar-refractivity contribution in [2.75, 3.05) is 26.8 Å². The zero-order valence-corrected chi connectivity index (χ0v) is 8.62. The Morgan fingerprint density at radius 3 is 3.00 bits per heavy atom. The van der Waals surface area contributed by atoms with Crippen molar-refractivity contribution in [3.63, 3.8) is 0 Å². The molecular weight excluding hydrogens is 180 g/mol. The van der Waals surface area contributed by atoms with E-state index in [1.807, 2.05) is 0 Å². The average Bonchev–Trinajstić information content (AvgIpc) is 2.19. The summed E-state index contributed by atoms with van der Waals surface area (Å²) < 4.78 is 5.30. The van der Waals surface area contributed by atoms with Gasteiger partial charge in [0.1, 0.15) is 0 Å². The largest absolute Gasteiger partial charge is 0.392 e. The summed E-state index contributed by atoms with van der Waals surface area (Å²) in [6.07, 6.45) is 1.80. The lowest BCUT2D eigenvalue weighted by atomic mass is 9.79. The van der Waals surface area contributed by atoms with Crippen molar-refractivity contribution in [1.82, 2.24) is 5.32 Å². The van der Waals surface area contributed by atoms with E-state index in [0.717, 1.165) is 19.4 Å². The highest BCUT2D eigenvalue weighted by Crippen LogP contribution is 2.32. The van der Waals surface area contributed by atoms with Gasteiger partial charge in [-0.2, -0.15) is 5.26 Å². The normalized spacial score (nSPS) is 29.5. The van der Waals surface area contributed by atoms with Crippen molar-refractivity contribution >= 4 is 0 Å². The van der Waals surface area contributed by atoms with Gasteiger partial charge in [0, 0.05) is 13.2 Å². The predicted octanol–water partition coefficient (Wildman–Crippen LogP) is 0.277. The van der Waals surface area contributed by atoms with Crippen LogP contribution < -0.4 is 5.32 Å². The smallest absolute Gasteiger partial charge is 0.0832 e. The van der Waals surface area contributed by atoms with Crippen LogP contribution in [0.25, 0.3) is 0 Å². The van der Waals surface area contributed by atoms with Crippen molar-refractivity contribution in [2.45, 2.75) is 25.4 Å². The summed E-state index contributed by atoms with van der Waals surface area (Å²) in [5.41, 5.74) is -0.464. The number of aliphatic hydroxyl groups excluding tert-OH is 1. The monoisotopic (exact) mass is 198 g/mol. The Labute approximate surface area is 84.9 Å². The lowest BCUT2D eigenvalue weighted by molar-refractivity contribution is -0.00443. The van der Waals surface area contributed by atoms with Crippen LogP contribution in [0.15, 0.2) is 0 Å². The number of nitrogens with zero attached hydrogens (tertiary/aromatic N) is 1. The summed E-state index contributed by atoms with van der Waals surface area (Å²) in [6, 6.07) is 2.29. The first kappa shape index (κ1) is 11.4. The minimum absolute atomic E-state index is 0.457. The molecule has 0 aliphatic carbocycles. The van der Waals surface area contributed by atoms with E-state index < -0.39 is 11.5 Å². The van der Waals surface area contributed by atoms with E-state index in [-0.39, 0.29) is 0 Å². The second-order valence-corrected chi connectivity index (χ2v) is 3.96. The molecule has 0 saturated carbocycles. The molecule has 80 valence electrons. The summed E-state index contributed by atoms with van der Waals surface area (Å²) in [5, 5.41) is 21.6. The van der Waals surface area contributed by atoms with Crippen LogP contribution in [0.2, 0.25) is 0 Å². The number of likely N-dealkylation sites (N-methyl/N-ethyl adjacent to an activating group) is 1. The lowest BCUT2D eigenvalue weighted by Crippen LogP contribution is -2.37. The summed E-state index contributed by atoms with van der Waals surface area (Å²) in [7, 11) is 1.79. The predicted molar refractivity (Wildman–Crippen MR) is 52.6 cm³/mol. The molecule has 0 aromatic heterocycles. The maximum atomic E-state index is 9.63. The molecule has 1 aliphatic rings. The van der Waals surface area contributed by atoms with Crippen LogP contribution in [-0.2, 0) is 4.74 Å². The Morgan fingerprint density at radius 1 is 1.71 bits per heavy atom. The Hall–Kier alpha value is -0.630. The van der Waals surface area contributed by atoms with Crippen molar-refractivity contribution in [2.24, 2.45) is 5.41 Å². The second-order valence-electron chi connectivity index (χ2n) is 3.96. The standard InChI is InChI=1S/C10H18N2O2/c1-12-6-9(13)5-10(7-11)3-2-4-14-8-10/h9,12-13H,2-6,8H2,1H3/t9-,10+/m0/s1. The summed E-state index contributed by atoms with van der Waals surface area (Å²) in [4.78, 5) is 0. The highest BCUT2D eigenvalue weighted by atomic mass is 16.5. The van der Waals surface area contributed by atoms with Crippen molar-refractivity contribution in [3.05, 3.63) is 0 Å². The van der Waals surface area contributed by atoms with Crippen LogP contribution in [0.5, 0.6) is 0 Å². The Balaban J connectivity index is 2.48. The average molecular weight is 198 g/mol. The van der Waals surface area contributed by atoms with Crippen molar-refractivity contribution in [3.8, 4) is 6.07 Å². The van der Waals surface area contributed by atoms with Gasteiger partial charge in [-0.05, 0) is 26.3 Å². The van der Waals surface area contributed by atoms with Crippen LogP contribution >= 0.6 is 0 Å². The van der Waals surface area contributed by atoms with E-state index in [9.17, 15) is 5.11 Å². The Morgan fingerprint density at radius 2 is 2.50 bits per heavy atom. The minimum Gasteiger partial charge on any atom is -0.392 e. The van der Waals surface area contributed by atoms with Gasteiger partial charge in [0.25, 0.3) is 0 Å². The molecule has 0 aromatic rings. The summed E-state index contributed by atoms with van der Waals surface area (Å²) >= 11 is 0. The van der Waals surface area contributed by atoms with Crippen LogP contribution in [0.4, 0.5) is 0 Å².